The zero-order valence-corrected chi connectivity index (χ0v) is 25.1. The first kappa shape index (κ1) is 30.5. The van der Waals surface area contributed by atoms with Crippen LogP contribution >= 0.6 is 23.5 Å². The number of nitrogens with one attached hydrogen (secondary N) is 2. The number of hydrogen-bond donors (Lipinski definition) is 2. The van der Waals surface area contributed by atoms with Gasteiger partial charge in [-0.05, 0) is 63.0 Å². The third-order valence-corrected chi connectivity index (χ3v) is 9.14. The molecule has 2 aliphatic rings. The Labute approximate surface area is 236 Å². The average molecular weight is 565 g/mol. The molecule has 2 atom stereocenters. The van der Waals surface area contributed by atoms with Crippen molar-refractivity contribution in [2.24, 2.45) is 5.92 Å². The summed E-state index contributed by atoms with van der Waals surface area (Å²) >= 11 is 3.13. The highest BCUT2D eigenvalue weighted by Crippen LogP contribution is 2.28. The van der Waals surface area contributed by atoms with E-state index in [-0.39, 0.29) is 11.8 Å². The standard InChI is InChI=1S/C28H44N4O4S2/c1-28(2,3)36-27(35)32-15-16-38-26(32)25(34)30-23(19-37-18-21-9-7-6-8-10-21)24(33)29-17-20-11-13-22(14-12-20)31(4)5/h11-14,21,23,26H,6-10,15-19H2,1-5H3,(H,29,33)(H,30,34)/t23-,26?/m0/s1. The van der Waals surface area contributed by atoms with Gasteiger partial charge in [-0.2, -0.15) is 11.8 Å². The van der Waals surface area contributed by atoms with E-state index < -0.39 is 23.1 Å². The summed E-state index contributed by atoms with van der Waals surface area (Å²) < 4.78 is 5.50. The number of ether oxygens (including phenoxy) is 1. The fraction of sp³-hybridized carbons (Fsp3) is 0.679. The van der Waals surface area contributed by atoms with E-state index in [4.69, 9.17) is 4.74 Å². The van der Waals surface area contributed by atoms with Crippen LogP contribution in [0.4, 0.5) is 10.5 Å². The lowest BCUT2D eigenvalue weighted by atomic mass is 9.91. The summed E-state index contributed by atoms with van der Waals surface area (Å²) in [7, 11) is 3.98. The topological polar surface area (TPSA) is 91.0 Å². The largest absolute Gasteiger partial charge is 0.444 e. The van der Waals surface area contributed by atoms with Crippen LogP contribution in [0, 0.1) is 5.92 Å². The highest BCUT2D eigenvalue weighted by Gasteiger charge is 2.38. The fourth-order valence-electron chi connectivity index (χ4n) is 4.55. The maximum absolute atomic E-state index is 13.3. The first-order chi connectivity index (χ1) is 18.0. The van der Waals surface area contributed by atoms with Crippen molar-refractivity contribution in [2.75, 3.05) is 42.8 Å². The lowest BCUT2D eigenvalue weighted by Crippen LogP contribution is -2.53. The van der Waals surface area contributed by atoms with E-state index in [9.17, 15) is 14.4 Å². The number of benzene rings is 1. The molecule has 1 aromatic rings. The van der Waals surface area contributed by atoms with Gasteiger partial charge in [-0.25, -0.2) is 4.79 Å². The first-order valence-corrected chi connectivity index (χ1v) is 15.8. The Morgan fingerprint density at radius 2 is 1.82 bits per heavy atom. The molecule has 1 heterocycles. The molecule has 1 aliphatic carbocycles. The summed E-state index contributed by atoms with van der Waals surface area (Å²) in [5.74, 6) is 2.28. The van der Waals surface area contributed by atoms with Gasteiger partial charge in [0, 0.05) is 44.4 Å². The Bertz CT molecular complexity index is 930. The third-order valence-electron chi connectivity index (χ3n) is 6.66. The molecule has 212 valence electrons. The Hall–Kier alpha value is -2.07. The van der Waals surface area contributed by atoms with Gasteiger partial charge in [-0.3, -0.25) is 14.5 Å². The molecule has 3 amide bonds. The predicted octanol–water partition coefficient (Wildman–Crippen LogP) is 4.48. The molecule has 0 radical (unpaired) electrons. The quantitative estimate of drug-likeness (QED) is 0.433. The second-order valence-corrected chi connectivity index (χ2v) is 13.5. The highest BCUT2D eigenvalue weighted by atomic mass is 32.2. The van der Waals surface area contributed by atoms with Gasteiger partial charge >= 0.3 is 6.09 Å². The van der Waals surface area contributed by atoms with Gasteiger partial charge < -0.3 is 20.3 Å². The lowest BCUT2D eigenvalue weighted by Gasteiger charge is -2.28. The molecule has 1 aliphatic heterocycles. The molecule has 0 bridgehead atoms. The van der Waals surface area contributed by atoms with Crippen LogP contribution in [0.1, 0.15) is 58.4 Å². The molecule has 38 heavy (non-hydrogen) atoms. The van der Waals surface area contributed by atoms with Gasteiger partial charge in [-0.15, -0.1) is 11.8 Å². The highest BCUT2D eigenvalue weighted by molar-refractivity contribution is 8.00. The van der Waals surface area contributed by atoms with Crippen LogP contribution in [-0.4, -0.2) is 77.7 Å². The Kier molecular flexibility index (Phi) is 11.5. The van der Waals surface area contributed by atoms with Crippen LogP contribution in [0.3, 0.4) is 0 Å². The molecule has 0 aromatic heterocycles. The van der Waals surface area contributed by atoms with Gasteiger partial charge in [0.15, 0.2) is 5.37 Å². The number of nitrogens with zero attached hydrogens (tertiary/aromatic N) is 2. The molecule has 0 spiro atoms. The van der Waals surface area contributed by atoms with Crippen molar-refractivity contribution in [2.45, 2.75) is 76.4 Å². The van der Waals surface area contributed by atoms with Crippen LogP contribution in [0.15, 0.2) is 24.3 Å². The number of carbonyl (C=O) groups is 3. The van der Waals surface area contributed by atoms with E-state index >= 15 is 0 Å². The number of rotatable bonds is 10. The smallest absolute Gasteiger partial charge is 0.411 e. The monoisotopic (exact) mass is 564 g/mol. The van der Waals surface area contributed by atoms with E-state index in [2.05, 4.69) is 10.6 Å². The second-order valence-electron chi connectivity index (χ2n) is 11.3. The Morgan fingerprint density at radius 1 is 1.13 bits per heavy atom. The number of hydrogen-bond acceptors (Lipinski definition) is 7. The molecule has 1 aromatic carbocycles. The maximum Gasteiger partial charge on any atom is 0.411 e. The average Bonchev–Trinajstić information content (AvgIpc) is 3.37. The van der Waals surface area contributed by atoms with Crippen LogP contribution in [0.2, 0.25) is 0 Å². The van der Waals surface area contributed by atoms with Crippen LogP contribution in [0.5, 0.6) is 0 Å². The van der Waals surface area contributed by atoms with Gasteiger partial charge in [0.1, 0.15) is 11.6 Å². The van der Waals surface area contributed by atoms with Gasteiger partial charge in [0.2, 0.25) is 5.91 Å². The second kappa shape index (κ2) is 14.4. The van der Waals surface area contributed by atoms with Gasteiger partial charge in [0.05, 0.1) is 0 Å². The third kappa shape index (κ3) is 9.59. The van der Waals surface area contributed by atoms with E-state index in [0.29, 0.717) is 30.5 Å². The van der Waals surface area contributed by atoms with Crippen LogP contribution in [-0.2, 0) is 20.9 Å². The van der Waals surface area contributed by atoms with Crippen LogP contribution in [0.25, 0.3) is 0 Å². The van der Waals surface area contributed by atoms with E-state index in [1.165, 1.54) is 48.8 Å². The molecule has 1 unspecified atom stereocenters. The van der Waals surface area contributed by atoms with Crippen molar-refractivity contribution < 1.29 is 19.1 Å². The van der Waals surface area contributed by atoms with Crippen molar-refractivity contribution in [3.63, 3.8) is 0 Å². The van der Waals surface area contributed by atoms with Crippen molar-refractivity contribution in [3.8, 4) is 0 Å². The summed E-state index contributed by atoms with van der Waals surface area (Å²) in [6.07, 6.45) is 5.84. The predicted molar refractivity (Wildman–Crippen MR) is 158 cm³/mol. The molecule has 2 fully saturated rings. The molecular weight excluding hydrogens is 520 g/mol. The van der Waals surface area contributed by atoms with Crippen molar-refractivity contribution in [1.29, 1.82) is 0 Å². The minimum atomic E-state index is -0.706. The summed E-state index contributed by atoms with van der Waals surface area (Å²) in [4.78, 5) is 42.8. The van der Waals surface area contributed by atoms with Gasteiger partial charge in [-0.1, -0.05) is 31.4 Å². The van der Waals surface area contributed by atoms with Crippen molar-refractivity contribution >= 4 is 47.1 Å². The molecule has 3 rings (SSSR count). The molecular formula is C28H44N4O4S2. The summed E-state index contributed by atoms with van der Waals surface area (Å²) in [5, 5.41) is 5.25. The zero-order chi connectivity index (χ0) is 27.7. The molecule has 8 nitrogen and oxygen atoms in total. The summed E-state index contributed by atoms with van der Waals surface area (Å²) in [6, 6.07) is 7.34. The number of thioether (sulfide) groups is 2. The maximum atomic E-state index is 13.3. The number of amides is 3. The molecule has 10 heteroatoms. The number of carbonyl (C=O) groups excluding carboxylic acids is 3. The van der Waals surface area contributed by atoms with E-state index in [1.807, 2.05) is 43.3 Å². The normalized spacial score (nSPS) is 19.1. The number of anilines is 1. The van der Waals surface area contributed by atoms with E-state index in [0.717, 1.165) is 17.0 Å². The van der Waals surface area contributed by atoms with E-state index in [1.54, 1.807) is 32.5 Å². The molecule has 1 saturated heterocycles. The fourth-order valence-corrected chi connectivity index (χ4v) is 6.94. The van der Waals surface area contributed by atoms with Crippen LogP contribution < -0.4 is 15.5 Å². The minimum Gasteiger partial charge on any atom is -0.444 e. The van der Waals surface area contributed by atoms with Gasteiger partial charge in [0.25, 0.3) is 5.91 Å². The Balaban J connectivity index is 1.62. The molecule has 2 N–H and O–H groups in total. The summed E-state index contributed by atoms with van der Waals surface area (Å²) in [6.45, 7) is 6.24. The lowest BCUT2D eigenvalue weighted by molar-refractivity contribution is -0.129. The summed E-state index contributed by atoms with van der Waals surface area (Å²) in [5.41, 5.74) is 1.44. The first-order valence-electron chi connectivity index (χ1n) is 13.6. The minimum absolute atomic E-state index is 0.210. The van der Waals surface area contributed by atoms with Crippen molar-refractivity contribution in [3.05, 3.63) is 29.8 Å². The Morgan fingerprint density at radius 3 is 2.45 bits per heavy atom. The SMILES string of the molecule is CN(C)c1ccc(CNC(=O)[C@H](CSCC2CCCCC2)NC(=O)C2SCCN2C(=O)OC(C)(C)C)cc1. The zero-order valence-electron chi connectivity index (χ0n) is 23.5. The van der Waals surface area contributed by atoms with Crippen molar-refractivity contribution in [1.82, 2.24) is 15.5 Å². The molecule has 1 saturated carbocycles.